The van der Waals surface area contributed by atoms with Gasteiger partial charge in [0.1, 0.15) is 5.69 Å². The second-order valence-corrected chi connectivity index (χ2v) is 5.40. The van der Waals surface area contributed by atoms with Gasteiger partial charge >= 0.3 is 0 Å². The highest BCUT2D eigenvalue weighted by Crippen LogP contribution is 2.23. The summed E-state index contributed by atoms with van der Waals surface area (Å²) in [7, 11) is 0. The topological polar surface area (TPSA) is 51.2 Å². The lowest BCUT2D eigenvalue weighted by Crippen LogP contribution is -2.15. The summed E-state index contributed by atoms with van der Waals surface area (Å²) >= 11 is 3.35. The Morgan fingerprint density at radius 1 is 1.30 bits per heavy atom. The zero-order chi connectivity index (χ0) is 14.5. The molecule has 0 unspecified atom stereocenters. The molecule has 0 aliphatic heterocycles. The van der Waals surface area contributed by atoms with E-state index < -0.39 is 0 Å². The zero-order valence-electron chi connectivity index (χ0n) is 11.3. The molecule has 1 aromatic heterocycles. The van der Waals surface area contributed by atoms with Gasteiger partial charge in [-0.3, -0.25) is 4.79 Å². The van der Waals surface area contributed by atoms with Crippen molar-refractivity contribution in [3.05, 3.63) is 52.6 Å². The average Bonchev–Trinajstić information content (AvgIpc) is 2.40. The van der Waals surface area contributed by atoms with E-state index in [0.29, 0.717) is 17.1 Å². The molecule has 104 valence electrons. The monoisotopic (exact) mass is 334 g/mol. The fourth-order valence-electron chi connectivity index (χ4n) is 1.63. The van der Waals surface area contributed by atoms with Crippen molar-refractivity contribution in [2.75, 3.05) is 5.32 Å². The third-order valence-corrected chi connectivity index (χ3v) is 2.95. The van der Waals surface area contributed by atoms with Crippen LogP contribution in [0.4, 0.5) is 5.69 Å². The van der Waals surface area contributed by atoms with Gasteiger partial charge in [0, 0.05) is 16.2 Å². The second kappa shape index (κ2) is 6.52. The molecule has 0 saturated carbocycles. The van der Waals surface area contributed by atoms with Crippen LogP contribution >= 0.6 is 15.9 Å². The summed E-state index contributed by atoms with van der Waals surface area (Å²) in [6.45, 7) is 3.82. The van der Waals surface area contributed by atoms with Crippen molar-refractivity contribution < 1.29 is 9.53 Å². The quantitative estimate of drug-likeness (QED) is 0.922. The number of anilines is 1. The number of carbonyl (C=O) groups excluding carboxylic acids is 1. The Morgan fingerprint density at radius 3 is 2.80 bits per heavy atom. The lowest BCUT2D eigenvalue weighted by Gasteiger charge is -2.13. The van der Waals surface area contributed by atoms with E-state index in [4.69, 9.17) is 4.74 Å². The van der Waals surface area contributed by atoms with Crippen LogP contribution in [0.25, 0.3) is 0 Å². The fourth-order valence-corrected chi connectivity index (χ4v) is 2.03. The molecule has 0 saturated heterocycles. The second-order valence-electron chi connectivity index (χ2n) is 4.49. The largest absolute Gasteiger partial charge is 0.473 e. The number of rotatable bonds is 4. The van der Waals surface area contributed by atoms with Gasteiger partial charge in [-0.1, -0.05) is 22.0 Å². The molecule has 5 heteroatoms. The summed E-state index contributed by atoms with van der Waals surface area (Å²) in [4.78, 5) is 16.3. The number of nitrogens with one attached hydrogen (secondary N) is 1. The number of aromatic nitrogens is 1. The Morgan fingerprint density at radius 2 is 2.10 bits per heavy atom. The van der Waals surface area contributed by atoms with E-state index in [1.165, 1.54) is 0 Å². The third-order valence-electron chi connectivity index (χ3n) is 2.45. The maximum absolute atomic E-state index is 12.2. The number of hydrogen-bond acceptors (Lipinski definition) is 3. The number of pyridine rings is 1. The summed E-state index contributed by atoms with van der Waals surface area (Å²) in [5, 5.41) is 2.81. The van der Waals surface area contributed by atoms with Crippen LogP contribution in [-0.4, -0.2) is 17.0 Å². The van der Waals surface area contributed by atoms with E-state index in [1.54, 1.807) is 30.5 Å². The predicted molar refractivity (Wildman–Crippen MR) is 82.1 cm³/mol. The molecule has 0 aliphatic carbocycles. The van der Waals surface area contributed by atoms with E-state index in [1.807, 2.05) is 26.0 Å². The van der Waals surface area contributed by atoms with E-state index in [2.05, 4.69) is 26.2 Å². The normalized spacial score (nSPS) is 10.4. The van der Waals surface area contributed by atoms with Gasteiger partial charge in [0.25, 0.3) is 5.91 Å². The highest BCUT2D eigenvalue weighted by molar-refractivity contribution is 9.10. The van der Waals surface area contributed by atoms with Gasteiger partial charge in [0.05, 0.1) is 6.10 Å². The molecule has 0 radical (unpaired) electrons. The van der Waals surface area contributed by atoms with Crippen LogP contribution in [0.1, 0.15) is 24.2 Å². The third kappa shape index (κ3) is 3.81. The van der Waals surface area contributed by atoms with Crippen molar-refractivity contribution >= 4 is 27.5 Å². The molecule has 2 aromatic rings. The maximum Gasteiger partial charge on any atom is 0.255 e. The van der Waals surface area contributed by atoms with Crippen LogP contribution in [0.3, 0.4) is 0 Å². The minimum atomic E-state index is -0.201. The smallest absolute Gasteiger partial charge is 0.255 e. The van der Waals surface area contributed by atoms with E-state index in [-0.39, 0.29) is 12.0 Å². The molecule has 0 aliphatic rings. The number of ether oxygens (including phenoxy) is 1. The summed E-state index contributed by atoms with van der Waals surface area (Å²) in [5.74, 6) is 0.221. The number of amides is 1. The maximum atomic E-state index is 12.2. The number of benzene rings is 1. The van der Waals surface area contributed by atoms with E-state index >= 15 is 0 Å². The van der Waals surface area contributed by atoms with Crippen LogP contribution in [0.2, 0.25) is 0 Å². The average molecular weight is 335 g/mol. The van der Waals surface area contributed by atoms with Gasteiger partial charge in [0.2, 0.25) is 5.88 Å². The molecule has 0 atom stereocenters. The van der Waals surface area contributed by atoms with Crippen molar-refractivity contribution in [2.24, 2.45) is 0 Å². The van der Waals surface area contributed by atoms with Gasteiger partial charge in [-0.15, -0.1) is 0 Å². The molecule has 1 N–H and O–H groups in total. The molecule has 0 fully saturated rings. The summed E-state index contributed by atoms with van der Waals surface area (Å²) in [5.41, 5.74) is 1.13. The molecule has 2 rings (SSSR count). The van der Waals surface area contributed by atoms with Crippen molar-refractivity contribution in [3.63, 3.8) is 0 Å². The fraction of sp³-hybridized carbons (Fsp3) is 0.200. The van der Waals surface area contributed by atoms with Gasteiger partial charge in [-0.2, -0.15) is 0 Å². The highest BCUT2D eigenvalue weighted by atomic mass is 79.9. The predicted octanol–water partition coefficient (Wildman–Crippen LogP) is 3.88. The molecule has 0 bridgehead atoms. The van der Waals surface area contributed by atoms with Crippen LogP contribution in [0.15, 0.2) is 47.1 Å². The molecule has 1 aromatic carbocycles. The number of carbonyl (C=O) groups is 1. The molecular weight excluding hydrogens is 320 g/mol. The summed E-state index contributed by atoms with van der Waals surface area (Å²) in [6, 6.07) is 10.7. The first-order chi connectivity index (χ1) is 9.56. The van der Waals surface area contributed by atoms with Gasteiger partial charge in [0.15, 0.2) is 0 Å². The zero-order valence-corrected chi connectivity index (χ0v) is 12.8. The van der Waals surface area contributed by atoms with Gasteiger partial charge in [-0.25, -0.2) is 4.98 Å². The summed E-state index contributed by atoms with van der Waals surface area (Å²) in [6.07, 6.45) is 1.62. The Bertz CT molecular complexity index is 614. The first-order valence-electron chi connectivity index (χ1n) is 6.25. The SMILES string of the molecule is CC(C)Oc1ncccc1NC(=O)c1cccc(Br)c1. The highest BCUT2D eigenvalue weighted by Gasteiger charge is 2.11. The minimum absolute atomic E-state index is 0.00794. The summed E-state index contributed by atoms with van der Waals surface area (Å²) < 4.78 is 6.43. The Balaban J connectivity index is 2.19. The number of halogens is 1. The van der Waals surface area contributed by atoms with Gasteiger partial charge in [-0.05, 0) is 44.2 Å². The van der Waals surface area contributed by atoms with Crippen LogP contribution < -0.4 is 10.1 Å². The Kier molecular flexibility index (Phi) is 4.74. The van der Waals surface area contributed by atoms with Crippen LogP contribution in [0, 0.1) is 0 Å². The van der Waals surface area contributed by atoms with Crippen molar-refractivity contribution in [1.29, 1.82) is 0 Å². The molecule has 4 nitrogen and oxygen atoms in total. The first kappa shape index (κ1) is 14.5. The first-order valence-corrected chi connectivity index (χ1v) is 7.04. The number of hydrogen-bond donors (Lipinski definition) is 1. The molecular formula is C15H15BrN2O2. The molecule has 0 spiro atoms. The lowest BCUT2D eigenvalue weighted by molar-refractivity contribution is 0.102. The molecule has 1 amide bonds. The molecule has 1 heterocycles. The van der Waals surface area contributed by atoms with E-state index in [9.17, 15) is 4.79 Å². The Labute approximate surface area is 126 Å². The van der Waals surface area contributed by atoms with Crippen LogP contribution in [-0.2, 0) is 0 Å². The van der Waals surface area contributed by atoms with E-state index in [0.717, 1.165) is 4.47 Å². The van der Waals surface area contributed by atoms with Crippen molar-refractivity contribution in [2.45, 2.75) is 20.0 Å². The van der Waals surface area contributed by atoms with Crippen molar-refractivity contribution in [1.82, 2.24) is 4.98 Å². The molecule has 20 heavy (non-hydrogen) atoms. The lowest BCUT2D eigenvalue weighted by atomic mass is 10.2. The van der Waals surface area contributed by atoms with Gasteiger partial charge < -0.3 is 10.1 Å². The Hall–Kier alpha value is -1.88. The minimum Gasteiger partial charge on any atom is -0.473 e. The number of nitrogens with zero attached hydrogens (tertiary/aromatic N) is 1. The standard InChI is InChI=1S/C15H15BrN2O2/c1-10(2)20-15-13(7-4-8-17-15)18-14(19)11-5-3-6-12(16)9-11/h3-10H,1-2H3,(H,18,19). The van der Waals surface area contributed by atoms with Crippen LogP contribution in [0.5, 0.6) is 5.88 Å². The van der Waals surface area contributed by atoms with Crippen molar-refractivity contribution in [3.8, 4) is 5.88 Å².